The van der Waals surface area contributed by atoms with Gasteiger partial charge in [-0.2, -0.15) is 16.8 Å². The summed E-state index contributed by atoms with van der Waals surface area (Å²) >= 11 is 0. The number of hydrogen-bond acceptors (Lipinski definition) is 11. The zero-order valence-electron chi connectivity index (χ0n) is 13.7. The van der Waals surface area contributed by atoms with Gasteiger partial charge in [0.05, 0.1) is 12.8 Å². The van der Waals surface area contributed by atoms with Gasteiger partial charge in [0.25, 0.3) is 37.7 Å². The van der Waals surface area contributed by atoms with Crippen LogP contribution in [0.4, 0.5) is 0 Å². The molecule has 0 aliphatic carbocycles. The first-order valence-corrected chi connectivity index (χ1v) is 12.6. The van der Waals surface area contributed by atoms with Crippen LogP contribution in [0.15, 0.2) is 0 Å². The lowest BCUT2D eigenvalue weighted by Crippen LogP contribution is -2.71. The van der Waals surface area contributed by atoms with Crippen molar-refractivity contribution in [1.82, 2.24) is 9.80 Å². The molecule has 0 aromatic rings. The second-order valence-corrected chi connectivity index (χ2v) is 12.1. The Balaban J connectivity index is 2.21. The minimum Gasteiger partial charge on any atom is -0.478 e. The molecule has 3 rings (SSSR count). The van der Waals surface area contributed by atoms with E-state index in [0.717, 1.165) is 21.6 Å². The van der Waals surface area contributed by atoms with Crippen LogP contribution in [-0.4, -0.2) is 91.2 Å². The molecule has 3 aliphatic heterocycles. The summed E-state index contributed by atoms with van der Waals surface area (Å²) in [6, 6.07) is 0. The van der Waals surface area contributed by atoms with Crippen molar-refractivity contribution in [2.24, 2.45) is 0 Å². The maximum Gasteiger partial charge on any atom is 0.354 e. The number of amides is 4. The van der Waals surface area contributed by atoms with E-state index in [0.29, 0.717) is 0 Å². The molecule has 29 heavy (non-hydrogen) atoms. The molecule has 2 atom stereocenters. The van der Waals surface area contributed by atoms with Gasteiger partial charge in [0.15, 0.2) is 10.5 Å². The summed E-state index contributed by atoms with van der Waals surface area (Å²) in [6.45, 7) is 0. The van der Waals surface area contributed by atoms with E-state index in [2.05, 4.69) is 0 Å². The van der Waals surface area contributed by atoms with Gasteiger partial charge in [-0.05, 0) is 0 Å². The molecule has 0 spiro atoms. The van der Waals surface area contributed by atoms with Crippen LogP contribution in [0.5, 0.6) is 0 Å². The first-order chi connectivity index (χ1) is 13.1. The van der Waals surface area contributed by atoms with Crippen molar-refractivity contribution in [2.45, 2.75) is 33.6 Å². The number of hydrogen-bond donors (Lipinski definition) is 3. The number of imide groups is 2. The number of rotatable bonds is 6. The van der Waals surface area contributed by atoms with Gasteiger partial charge >= 0.3 is 5.97 Å². The van der Waals surface area contributed by atoms with Gasteiger partial charge in [0.2, 0.25) is 11.8 Å². The highest BCUT2D eigenvalue weighted by Crippen LogP contribution is 2.62. The molecule has 3 saturated heterocycles. The van der Waals surface area contributed by atoms with E-state index >= 15 is 0 Å². The van der Waals surface area contributed by atoms with Crippen LogP contribution in [0.2, 0.25) is 0 Å². The number of likely N-dealkylation sites (tertiary alicyclic amines) is 2. The molecule has 0 saturated carbocycles. The number of carbonyl (C=O) groups is 5. The summed E-state index contributed by atoms with van der Waals surface area (Å²) < 4.78 is 62.5. The zero-order chi connectivity index (χ0) is 22.1. The van der Waals surface area contributed by atoms with E-state index in [-0.39, 0.29) is 9.80 Å². The van der Waals surface area contributed by atoms with Gasteiger partial charge in [-0.15, -0.1) is 0 Å². The van der Waals surface area contributed by atoms with Crippen molar-refractivity contribution in [3.8, 4) is 0 Å². The Bertz CT molecular complexity index is 991. The van der Waals surface area contributed by atoms with Gasteiger partial charge in [0.1, 0.15) is 4.58 Å². The summed E-state index contributed by atoms with van der Waals surface area (Å²) in [4.78, 5) is 61.9. The highest BCUT2D eigenvalue weighted by Gasteiger charge is 2.72. The predicted molar refractivity (Wildman–Crippen MR) is 93.0 cm³/mol. The second kappa shape index (κ2) is 6.64. The molecule has 2 unspecified atom stereocenters. The van der Waals surface area contributed by atoms with Crippen molar-refractivity contribution in [3.63, 3.8) is 0 Å². The van der Waals surface area contributed by atoms with Gasteiger partial charge in [-0.1, -0.05) is 21.6 Å². The summed E-state index contributed by atoms with van der Waals surface area (Å²) in [5, 5.41) is 5.15. The molecule has 3 heterocycles. The molecule has 18 heteroatoms. The van der Waals surface area contributed by atoms with Crippen molar-refractivity contribution < 1.29 is 55.0 Å². The Morgan fingerprint density at radius 1 is 0.862 bits per heavy atom. The lowest BCUT2D eigenvalue weighted by atomic mass is 10.1. The van der Waals surface area contributed by atoms with Crippen LogP contribution in [0, 0.1) is 0 Å². The fraction of sp³-hybridized carbons (Fsp3) is 0.545. The minimum absolute atomic E-state index is 0.117. The molecular formula is C11H10N2O12S4. The maximum atomic E-state index is 12.6. The van der Waals surface area contributed by atoms with E-state index < -0.39 is 83.4 Å². The topological polar surface area (TPSA) is 221 Å². The molecule has 0 aromatic carbocycles. The van der Waals surface area contributed by atoms with E-state index in [1.807, 2.05) is 0 Å². The lowest BCUT2D eigenvalue weighted by molar-refractivity contribution is -0.180. The van der Waals surface area contributed by atoms with Crippen molar-refractivity contribution >= 4 is 71.4 Å². The van der Waals surface area contributed by atoms with E-state index in [4.69, 9.17) is 9.11 Å². The molecule has 0 radical (unpaired) electrons. The maximum absolute atomic E-state index is 12.6. The van der Waals surface area contributed by atoms with Crippen molar-refractivity contribution in [2.75, 3.05) is 0 Å². The highest BCUT2D eigenvalue weighted by atomic mass is 33.2. The lowest BCUT2D eigenvalue weighted by Gasteiger charge is -2.41. The minimum atomic E-state index is -5.14. The number of nitrogens with zero attached hydrogens (tertiary/aromatic N) is 2. The van der Waals surface area contributed by atoms with E-state index in [9.17, 15) is 45.9 Å². The van der Waals surface area contributed by atoms with E-state index in [1.54, 1.807) is 0 Å². The molecule has 4 amide bonds. The van der Waals surface area contributed by atoms with Crippen LogP contribution in [0.1, 0.15) is 12.8 Å². The molecule has 0 aromatic heterocycles. The van der Waals surface area contributed by atoms with Crippen LogP contribution in [0.25, 0.3) is 0 Å². The van der Waals surface area contributed by atoms with Crippen LogP contribution < -0.4 is 0 Å². The van der Waals surface area contributed by atoms with Gasteiger partial charge in [-0.3, -0.25) is 28.3 Å². The van der Waals surface area contributed by atoms with Gasteiger partial charge < -0.3 is 5.11 Å². The van der Waals surface area contributed by atoms with Crippen LogP contribution in [-0.2, 0) is 44.2 Å². The number of carboxylic acid groups (broad SMARTS) is 1. The largest absolute Gasteiger partial charge is 0.478 e. The fourth-order valence-electron chi connectivity index (χ4n) is 3.15. The molecule has 3 fully saturated rings. The predicted octanol–water partition coefficient (Wildman–Crippen LogP) is -2.48. The average molecular weight is 490 g/mol. The third kappa shape index (κ3) is 3.22. The van der Waals surface area contributed by atoms with Gasteiger partial charge in [-0.25, -0.2) is 14.6 Å². The SMILES string of the molecule is O=C1CC(S(=O)(=O)O)C(=O)N1C(C(=O)O)(C1SS1)N1C(=O)CC(S(=O)(=O)O)C1=O. The standard InChI is InChI=1S/C11H10N2O12S4/c14-5-1-3(28(20,21)22)7(16)12(5)11(9(18)19,10-26-27-10)13-6(15)2-4(8(13)17)29(23,24)25/h3-4,10H,1-2H2,(H,18,19)(H,20,21,22)(H,23,24,25). The Labute approximate surface area is 169 Å². The summed E-state index contributed by atoms with van der Waals surface area (Å²) in [7, 11) is -8.83. The Hall–Kier alpha value is -1.73. The Morgan fingerprint density at radius 3 is 1.41 bits per heavy atom. The highest BCUT2D eigenvalue weighted by molar-refractivity contribution is 8.92. The third-order valence-electron chi connectivity index (χ3n) is 4.45. The zero-order valence-corrected chi connectivity index (χ0v) is 17.0. The quantitative estimate of drug-likeness (QED) is 0.152. The molecule has 160 valence electrons. The monoisotopic (exact) mass is 490 g/mol. The smallest absolute Gasteiger partial charge is 0.354 e. The third-order valence-corrected chi connectivity index (χ3v) is 8.82. The first-order valence-electron chi connectivity index (χ1n) is 7.37. The van der Waals surface area contributed by atoms with Crippen LogP contribution >= 0.6 is 21.6 Å². The molecular weight excluding hydrogens is 480 g/mol. The fourth-order valence-corrected chi connectivity index (χ4v) is 6.50. The summed E-state index contributed by atoms with van der Waals surface area (Å²) in [6.07, 6.45) is -2.29. The molecule has 0 bridgehead atoms. The normalized spacial score (nSPS) is 28.2. The van der Waals surface area contributed by atoms with E-state index in [1.165, 1.54) is 0 Å². The molecule has 14 nitrogen and oxygen atoms in total. The average Bonchev–Trinajstić information content (AvgIpc) is 3.28. The molecule has 3 N–H and O–H groups in total. The van der Waals surface area contributed by atoms with Crippen LogP contribution in [0.3, 0.4) is 0 Å². The first kappa shape index (κ1) is 22.0. The Kier molecular flexibility index (Phi) is 5.03. The van der Waals surface area contributed by atoms with Crippen molar-refractivity contribution in [1.29, 1.82) is 0 Å². The summed E-state index contributed by atoms with van der Waals surface area (Å²) in [5.74, 6) is -8.30. The number of carboxylic acids is 1. The Morgan fingerprint density at radius 2 is 1.21 bits per heavy atom. The summed E-state index contributed by atoms with van der Waals surface area (Å²) in [5.41, 5.74) is -3.09. The van der Waals surface area contributed by atoms with Gasteiger partial charge in [0, 0.05) is 0 Å². The van der Waals surface area contributed by atoms with Crippen molar-refractivity contribution in [3.05, 3.63) is 0 Å². The number of aliphatic carboxylic acids is 1. The second-order valence-electron chi connectivity index (χ2n) is 6.11. The molecule has 3 aliphatic rings. The number of carbonyl (C=O) groups excluding carboxylic acids is 4.